The van der Waals surface area contributed by atoms with Crippen LogP contribution in [0.5, 0.6) is 11.5 Å². The quantitative estimate of drug-likeness (QED) is 0.913. The second-order valence-corrected chi connectivity index (χ2v) is 5.77. The lowest BCUT2D eigenvalue weighted by Crippen LogP contribution is -2.27. The molecule has 0 unspecified atom stereocenters. The Balaban J connectivity index is 1.72. The molecule has 1 amide bonds. The van der Waals surface area contributed by atoms with Crippen molar-refractivity contribution >= 4 is 21.8 Å². The van der Waals surface area contributed by atoms with Crippen molar-refractivity contribution in [3.8, 4) is 11.5 Å². The van der Waals surface area contributed by atoms with E-state index in [9.17, 15) is 4.79 Å². The molecule has 2 aliphatic heterocycles. The van der Waals surface area contributed by atoms with Gasteiger partial charge in [0.2, 0.25) is 12.7 Å². The summed E-state index contributed by atoms with van der Waals surface area (Å²) in [4.78, 5) is 13.4. The van der Waals surface area contributed by atoms with E-state index in [1.807, 2.05) is 12.1 Å². The number of nitrogens with zero attached hydrogens (tertiary/aromatic N) is 1. The molecule has 1 saturated heterocycles. The number of hydrogen-bond donors (Lipinski definition) is 1. The smallest absolute Gasteiger partial charge is 0.231 e. The van der Waals surface area contributed by atoms with Gasteiger partial charge in [0.05, 0.1) is 5.92 Å². The van der Waals surface area contributed by atoms with Crippen LogP contribution in [-0.4, -0.2) is 30.7 Å². The molecule has 0 spiro atoms. The minimum absolute atomic E-state index is 0.0206. The van der Waals surface area contributed by atoms with Crippen LogP contribution in [0.1, 0.15) is 12.0 Å². The van der Waals surface area contributed by atoms with Crippen molar-refractivity contribution in [1.29, 1.82) is 0 Å². The molecule has 19 heavy (non-hydrogen) atoms. The Bertz CT molecular complexity index is 521. The first-order chi connectivity index (χ1) is 9.13. The fourth-order valence-corrected chi connectivity index (χ4v) is 2.98. The van der Waals surface area contributed by atoms with Gasteiger partial charge in [0, 0.05) is 17.6 Å². The molecule has 0 saturated carbocycles. The number of carbonyl (C=O) groups is 1. The predicted molar refractivity (Wildman–Crippen MR) is 72.8 cm³/mol. The van der Waals surface area contributed by atoms with Gasteiger partial charge in [0.25, 0.3) is 0 Å². The third-order valence-corrected chi connectivity index (χ3v) is 4.35. The number of hydrogen-bond acceptors (Lipinski definition) is 4. The summed E-state index contributed by atoms with van der Waals surface area (Å²) in [6.07, 6.45) is 0.845. The Hall–Kier alpha value is -1.27. The van der Waals surface area contributed by atoms with E-state index in [2.05, 4.69) is 20.8 Å². The van der Waals surface area contributed by atoms with Gasteiger partial charge in [0.15, 0.2) is 11.5 Å². The van der Waals surface area contributed by atoms with E-state index in [4.69, 9.17) is 15.2 Å². The number of fused-ring (bicyclic) bond motifs is 1. The van der Waals surface area contributed by atoms with E-state index >= 15 is 0 Å². The van der Waals surface area contributed by atoms with Gasteiger partial charge < -0.3 is 15.2 Å². The largest absolute Gasteiger partial charge is 0.454 e. The summed E-state index contributed by atoms with van der Waals surface area (Å²) >= 11 is 3.55. The van der Waals surface area contributed by atoms with Crippen LogP contribution in [0, 0.1) is 5.92 Å². The highest BCUT2D eigenvalue weighted by Gasteiger charge is 2.27. The maximum atomic E-state index is 11.2. The molecule has 2 aliphatic rings. The molecule has 2 heterocycles. The Morgan fingerprint density at radius 1 is 1.42 bits per heavy atom. The zero-order valence-corrected chi connectivity index (χ0v) is 12.0. The molecule has 0 aromatic heterocycles. The van der Waals surface area contributed by atoms with Gasteiger partial charge in [-0.25, -0.2) is 0 Å². The maximum absolute atomic E-state index is 11.2. The van der Waals surface area contributed by atoms with Crippen LogP contribution in [0.15, 0.2) is 16.6 Å². The molecule has 3 rings (SSSR count). The molecule has 0 bridgehead atoms. The van der Waals surface area contributed by atoms with Crippen LogP contribution in [0.25, 0.3) is 0 Å². The number of primary amides is 1. The molecule has 0 aliphatic carbocycles. The molecule has 102 valence electrons. The number of rotatable bonds is 3. The molecule has 0 radical (unpaired) electrons. The number of benzene rings is 1. The summed E-state index contributed by atoms with van der Waals surface area (Å²) in [6, 6.07) is 3.92. The summed E-state index contributed by atoms with van der Waals surface area (Å²) in [5.41, 5.74) is 6.48. The summed E-state index contributed by atoms with van der Waals surface area (Å²) < 4.78 is 11.7. The molecule has 5 nitrogen and oxygen atoms in total. The first kappa shape index (κ1) is 12.7. The summed E-state index contributed by atoms with van der Waals surface area (Å²) in [5.74, 6) is 1.33. The van der Waals surface area contributed by atoms with E-state index in [0.717, 1.165) is 47.6 Å². The highest BCUT2D eigenvalue weighted by Crippen LogP contribution is 2.37. The van der Waals surface area contributed by atoms with Crippen LogP contribution in [0.2, 0.25) is 0 Å². The first-order valence-corrected chi connectivity index (χ1v) is 7.02. The van der Waals surface area contributed by atoms with Crippen molar-refractivity contribution in [2.45, 2.75) is 13.0 Å². The van der Waals surface area contributed by atoms with Crippen molar-refractivity contribution in [3.05, 3.63) is 22.2 Å². The van der Waals surface area contributed by atoms with Crippen molar-refractivity contribution in [1.82, 2.24) is 4.90 Å². The first-order valence-electron chi connectivity index (χ1n) is 6.23. The molecular weight excluding hydrogens is 312 g/mol. The Labute approximate surface area is 119 Å². The summed E-state index contributed by atoms with van der Waals surface area (Å²) in [7, 11) is 0. The lowest BCUT2D eigenvalue weighted by atomic mass is 10.1. The van der Waals surface area contributed by atoms with Crippen LogP contribution in [-0.2, 0) is 11.3 Å². The Morgan fingerprint density at radius 2 is 2.16 bits per heavy atom. The number of nitrogens with two attached hydrogens (primary N) is 1. The molecule has 2 N–H and O–H groups in total. The van der Waals surface area contributed by atoms with E-state index in [-0.39, 0.29) is 18.6 Å². The van der Waals surface area contributed by atoms with E-state index < -0.39 is 0 Å². The number of likely N-dealkylation sites (tertiary alicyclic amines) is 1. The third kappa shape index (κ3) is 2.55. The van der Waals surface area contributed by atoms with Crippen LogP contribution >= 0.6 is 15.9 Å². The standard InChI is InChI=1S/C13H15BrN2O3/c14-10-4-12-11(18-7-19-12)3-9(10)6-16-2-1-8(5-16)13(15)17/h3-4,8H,1-2,5-7H2,(H2,15,17)/t8-/m1/s1. The van der Waals surface area contributed by atoms with E-state index in [1.54, 1.807) is 0 Å². The lowest BCUT2D eigenvalue weighted by Gasteiger charge is -2.16. The normalized spacial score (nSPS) is 21.8. The number of amides is 1. The topological polar surface area (TPSA) is 64.8 Å². The zero-order valence-electron chi connectivity index (χ0n) is 10.4. The van der Waals surface area contributed by atoms with Gasteiger partial charge in [-0.05, 0) is 30.7 Å². The van der Waals surface area contributed by atoms with Crippen LogP contribution in [0.4, 0.5) is 0 Å². The SMILES string of the molecule is NC(=O)[C@@H]1CCN(Cc2cc3c(cc2Br)OCO3)C1. The highest BCUT2D eigenvalue weighted by molar-refractivity contribution is 9.10. The molecule has 1 aromatic rings. The fourth-order valence-electron chi connectivity index (χ4n) is 2.53. The third-order valence-electron chi connectivity index (χ3n) is 3.61. The Kier molecular flexibility index (Phi) is 3.36. The van der Waals surface area contributed by atoms with E-state index in [1.165, 1.54) is 0 Å². The highest BCUT2D eigenvalue weighted by atomic mass is 79.9. The average Bonchev–Trinajstić information content (AvgIpc) is 2.98. The monoisotopic (exact) mass is 326 g/mol. The van der Waals surface area contributed by atoms with Crippen molar-refractivity contribution in [2.75, 3.05) is 19.9 Å². The van der Waals surface area contributed by atoms with Crippen molar-refractivity contribution in [3.63, 3.8) is 0 Å². The number of ether oxygens (including phenoxy) is 2. The molecule has 6 heteroatoms. The predicted octanol–water partition coefficient (Wildman–Crippen LogP) is 1.48. The molecule has 1 fully saturated rings. The average molecular weight is 327 g/mol. The molecule has 1 aromatic carbocycles. The summed E-state index contributed by atoms with van der Waals surface area (Å²) in [5, 5.41) is 0. The maximum Gasteiger partial charge on any atom is 0.231 e. The minimum atomic E-state index is -0.202. The zero-order chi connectivity index (χ0) is 13.4. The molecule has 1 atom stereocenters. The van der Waals surface area contributed by atoms with Gasteiger partial charge in [-0.1, -0.05) is 15.9 Å². The van der Waals surface area contributed by atoms with Crippen molar-refractivity contribution < 1.29 is 14.3 Å². The van der Waals surface area contributed by atoms with E-state index in [0.29, 0.717) is 0 Å². The van der Waals surface area contributed by atoms with Crippen molar-refractivity contribution in [2.24, 2.45) is 11.7 Å². The summed E-state index contributed by atoms with van der Waals surface area (Å²) in [6.45, 7) is 2.68. The van der Waals surface area contributed by atoms with Gasteiger partial charge in [-0.15, -0.1) is 0 Å². The fraction of sp³-hybridized carbons (Fsp3) is 0.462. The van der Waals surface area contributed by atoms with Crippen LogP contribution in [0.3, 0.4) is 0 Å². The second-order valence-electron chi connectivity index (χ2n) is 4.92. The van der Waals surface area contributed by atoms with Gasteiger partial charge in [-0.3, -0.25) is 9.69 Å². The number of carbonyl (C=O) groups excluding carboxylic acids is 1. The Morgan fingerprint density at radius 3 is 2.84 bits per heavy atom. The van der Waals surface area contributed by atoms with Crippen LogP contribution < -0.4 is 15.2 Å². The molecular formula is C13H15BrN2O3. The van der Waals surface area contributed by atoms with Gasteiger partial charge in [0.1, 0.15) is 0 Å². The lowest BCUT2D eigenvalue weighted by molar-refractivity contribution is -0.121. The van der Waals surface area contributed by atoms with Gasteiger partial charge in [-0.2, -0.15) is 0 Å². The minimum Gasteiger partial charge on any atom is -0.454 e. The second kappa shape index (κ2) is 5.02. The number of halogens is 1. The van der Waals surface area contributed by atoms with Gasteiger partial charge >= 0.3 is 0 Å².